The van der Waals surface area contributed by atoms with Gasteiger partial charge in [-0.2, -0.15) is 0 Å². The number of carbonyl (C=O) groups excluding carboxylic acids is 3. The van der Waals surface area contributed by atoms with Crippen LogP contribution in [0.5, 0.6) is 11.5 Å². The Bertz CT molecular complexity index is 1720. The first-order valence-electron chi connectivity index (χ1n) is 15.9. The Balaban J connectivity index is 1.23. The van der Waals surface area contributed by atoms with Gasteiger partial charge in [-0.05, 0) is 55.2 Å². The highest BCUT2D eigenvalue weighted by molar-refractivity contribution is 6.24. The molecule has 47 heavy (non-hydrogen) atoms. The van der Waals surface area contributed by atoms with E-state index < -0.39 is 6.04 Å². The molecule has 0 radical (unpaired) electrons. The Labute approximate surface area is 274 Å². The fraction of sp³-hybridized carbons (Fsp3) is 0.333. The molecule has 11 nitrogen and oxygen atoms in total. The Morgan fingerprint density at radius 3 is 2.36 bits per heavy atom. The second-order valence-electron chi connectivity index (χ2n) is 11.7. The van der Waals surface area contributed by atoms with Gasteiger partial charge in [-0.3, -0.25) is 24.2 Å². The number of benzene rings is 3. The molecule has 2 aliphatic rings. The van der Waals surface area contributed by atoms with Crippen molar-refractivity contribution in [3.63, 3.8) is 0 Å². The quantitative estimate of drug-likeness (QED) is 0.167. The van der Waals surface area contributed by atoms with Crippen LogP contribution in [0.2, 0.25) is 0 Å². The summed E-state index contributed by atoms with van der Waals surface area (Å²) in [5.41, 5.74) is 3.61. The summed E-state index contributed by atoms with van der Waals surface area (Å²) in [7, 11) is 3.10. The number of piperazine rings is 1. The predicted octanol–water partition coefficient (Wildman–Crippen LogP) is 5.12. The van der Waals surface area contributed by atoms with Crippen LogP contribution in [0, 0.1) is 0 Å². The number of nitrogens with zero attached hydrogens (tertiary/aromatic N) is 4. The lowest BCUT2D eigenvalue weighted by Crippen LogP contribution is -2.47. The minimum Gasteiger partial charge on any atom is -0.493 e. The van der Waals surface area contributed by atoms with Crippen LogP contribution in [0.25, 0.3) is 0 Å². The predicted molar refractivity (Wildman–Crippen MR) is 176 cm³/mol. The van der Waals surface area contributed by atoms with E-state index in [0.29, 0.717) is 42.0 Å². The molecule has 3 amide bonds. The van der Waals surface area contributed by atoms with Crippen molar-refractivity contribution in [1.82, 2.24) is 20.3 Å². The number of hydrogen-bond acceptors (Lipinski definition) is 9. The van der Waals surface area contributed by atoms with Gasteiger partial charge in [-0.15, -0.1) is 0 Å². The van der Waals surface area contributed by atoms with Gasteiger partial charge in [-0.1, -0.05) is 47.6 Å². The van der Waals surface area contributed by atoms with E-state index in [1.807, 2.05) is 24.3 Å². The van der Waals surface area contributed by atoms with Crippen molar-refractivity contribution in [2.75, 3.05) is 51.8 Å². The van der Waals surface area contributed by atoms with Crippen LogP contribution >= 0.6 is 0 Å². The standard InChI is InChI=1S/C36H39N5O6/c1-24(25-9-5-4-6-10-25)39-19-21-40(22-20-39)29-12-7-11-27-33(29)36(44)41(35(27)43)28(26-14-15-30(45-2)32(23-26)46-3)13-8-17-37-34(42)31-16-18-38-47-31/h4-7,9-12,14-16,18,23-24,28H,8,13,17,19-22H2,1-3H3,(H,37,42)/t24?,28-/m1/s1. The van der Waals surface area contributed by atoms with Gasteiger partial charge >= 0.3 is 0 Å². The average Bonchev–Trinajstić information content (AvgIpc) is 3.75. The molecule has 11 heteroatoms. The van der Waals surface area contributed by atoms with Crippen molar-refractivity contribution >= 4 is 23.4 Å². The van der Waals surface area contributed by atoms with Gasteiger partial charge in [0.25, 0.3) is 17.7 Å². The smallest absolute Gasteiger partial charge is 0.289 e. The van der Waals surface area contributed by atoms with Gasteiger partial charge in [0.2, 0.25) is 5.76 Å². The molecule has 0 bridgehead atoms. The summed E-state index contributed by atoms with van der Waals surface area (Å²) in [5.74, 6) is 0.103. The lowest BCUT2D eigenvalue weighted by molar-refractivity contribution is 0.0570. The average molecular weight is 638 g/mol. The molecule has 0 saturated carbocycles. The fourth-order valence-corrected chi connectivity index (χ4v) is 6.55. The highest BCUT2D eigenvalue weighted by Crippen LogP contribution is 2.40. The van der Waals surface area contributed by atoms with Crippen LogP contribution in [0.1, 0.15) is 74.2 Å². The third-order valence-electron chi connectivity index (χ3n) is 9.11. The van der Waals surface area contributed by atoms with E-state index >= 15 is 0 Å². The van der Waals surface area contributed by atoms with E-state index in [0.717, 1.165) is 37.4 Å². The Morgan fingerprint density at radius 2 is 1.66 bits per heavy atom. The molecule has 1 fully saturated rings. The lowest BCUT2D eigenvalue weighted by atomic mass is 9.99. The lowest BCUT2D eigenvalue weighted by Gasteiger charge is -2.39. The topological polar surface area (TPSA) is 117 Å². The third-order valence-corrected chi connectivity index (χ3v) is 9.11. The molecule has 0 aliphatic carbocycles. The number of rotatable bonds is 12. The number of methoxy groups -OCH3 is 2. The molecule has 3 aromatic carbocycles. The minimum absolute atomic E-state index is 0.115. The monoisotopic (exact) mass is 637 g/mol. The number of ether oxygens (including phenoxy) is 2. The molecular weight excluding hydrogens is 598 g/mol. The Kier molecular flexibility index (Phi) is 9.53. The van der Waals surface area contributed by atoms with Crippen LogP contribution in [-0.4, -0.2) is 79.6 Å². The first-order valence-corrected chi connectivity index (χ1v) is 15.9. The molecule has 3 heterocycles. The van der Waals surface area contributed by atoms with Crippen molar-refractivity contribution < 1.29 is 28.4 Å². The van der Waals surface area contributed by atoms with Crippen molar-refractivity contribution in [3.8, 4) is 11.5 Å². The number of imide groups is 1. The summed E-state index contributed by atoms with van der Waals surface area (Å²) in [6.07, 6.45) is 2.30. The molecule has 0 spiro atoms. The van der Waals surface area contributed by atoms with Gasteiger partial charge in [0.15, 0.2) is 11.5 Å². The van der Waals surface area contributed by atoms with E-state index in [1.54, 1.807) is 32.4 Å². The van der Waals surface area contributed by atoms with Gasteiger partial charge in [0.05, 0.1) is 43.3 Å². The number of amides is 3. The van der Waals surface area contributed by atoms with Crippen molar-refractivity contribution in [2.45, 2.75) is 31.8 Å². The normalized spacial score (nSPS) is 16.1. The van der Waals surface area contributed by atoms with E-state index in [-0.39, 0.29) is 29.5 Å². The largest absolute Gasteiger partial charge is 0.493 e. The van der Waals surface area contributed by atoms with E-state index in [9.17, 15) is 14.4 Å². The van der Waals surface area contributed by atoms with Crippen molar-refractivity contribution in [3.05, 3.63) is 107 Å². The van der Waals surface area contributed by atoms with Crippen molar-refractivity contribution in [1.29, 1.82) is 0 Å². The fourth-order valence-electron chi connectivity index (χ4n) is 6.55. The van der Waals surface area contributed by atoms with Crippen LogP contribution < -0.4 is 19.7 Å². The van der Waals surface area contributed by atoms with E-state index in [2.05, 4.69) is 51.5 Å². The van der Waals surface area contributed by atoms with Gasteiger partial charge in [-0.25, -0.2) is 0 Å². The van der Waals surface area contributed by atoms with Crippen LogP contribution in [0.15, 0.2) is 83.5 Å². The number of hydrogen-bond donors (Lipinski definition) is 1. The highest BCUT2D eigenvalue weighted by atomic mass is 16.5. The molecule has 1 aromatic heterocycles. The van der Waals surface area contributed by atoms with Gasteiger partial charge < -0.3 is 24.2 Å². The number of carbonyl (C=O) groups is 3. The van der Waals surface area contributed by atoms with E-state index in [4.69, 9.17) is 14.0 Å². The molecular formula is C36H39N5O6. The van der Waals surface area contributed by atoms with Gasteiger partial charge in [0, 0.05) is 44.8 Å². The molecule has 1 N–H and O–H groups in total. The van der Waals surface area contributed by atoms with Crippen LogP contribution in [0.4, 0.5) is 5.69 Å². The van der Waals surface area contributed by atoms with Crippen molar-refractivity contribution in [2.24, 2.45) is 0 Å². The number of fused-ring (bicyclic) bond motifs is 1. The molecule has 2 atom stereocenters. The number of anilines is 1. The second kappa shape index (κ2) is 14.1. The molecule has 6 rings (SSSR count). The third kappa shape index (κ3) is 6.44. The maximum absolute atomic E-state index is 14.3. The highest BCUT2D eigenvalue weighted by Gasteiger charge is 2.43. The zero-order valence-corrected chi connectivity index (χ0v) is 26.8. The molecule has 1 unspecified atom stereocenters. The van der Waals surface area contributed by atoms with Crippen LogP contribution in [-0.2, 0) is 0 Å². The SMILES string of the molecule is COc1ccc([C@@H](CCCNC(=O)c2ccno2)N2C(=O)c3cccc(N4CCN(C(C)c5ccccc5)CC4)c3C2=O)cc1OC. The number of nitrogens with one attached hydrogen (secondary N) is 1. The maximum Gasteiger partial charge on any atom is 0.289 e. The molecule has 2 aliphatic heterocycles. The zero-order chi connectivity index (χ0) is 32.9. The van der Waals surface area contributed by atoms with Crippen LogP contribution in [0.3, 0.4) is 0 Å². The van der Waals surface area contributed by atoms with Gasteiger partial charge in [0.1, 0.15) is 0 Å². The summed E-state index contributed by atoms with van der Waals surface area (Å²) >= 11 is 0. The molecule has 4 aromatic rings. The minimum atomic E-state index is -0.610. The molecule has 1 saturated heterocycles. The second-order valence-corrected chi connectivity index (χ2v) is 11.7. The van der Waals surface area contributed by atoms with E-state index in [1.165, 1.54) is 22.7 Å². The maximum atomic E-state index is 14.3. The summed E-state index contributed by atoms with van der Waals surface area (Å²) in [5, 5.41) is 6.40. The first-order chi connectivity index (χ1) is 22.9. The summed E-state index contributed by atoms with van der Waals surface area (Å²) in [6, 6.07) is 22.6. The first kappa shape index (κ1) is 31.8. The summed E-state index contributed by atoms with van der Waals surface area (Å²) in [4.78, 5) is 46.8. The zero-order valence-electron chi connectivity index (χ0n) is 26.8. The summed E-state index contributed by atoms with van der Waals surface area (Å²) < 4.78 is 15.9. The Morgan fingerprint density at radius 1 is 0.894 bits per heavy atom. The molecule has 244 valence electrons. The Hall–Kier alpha value is -5.16. The number of aromatic nitrogens is 1. The summed E-state index contributed by atoms with van der Waals surface area (Å²) in [6.45, 7) is 5.67.